The second-order valence-corrected chi connectivity index (χ2v) is 10.9. The number of benzene rings is 3. The maximum Gasteiger partial charge on any atom is 0.0372 e. The van der Waals surface area contributed by atoms with E-state index in [2.05, 4.69) is 137 Å². The van der Waals surface area contributed by atoms with Crippen LogP contribution in [0.4, 0.5) is 11.4 Å². The first-order valence-electron chi connectivity index (χ1n) is 13.4. The zero-order valence-electron chi connectivity index (χ0n) is 23.8. The zero-order valence-corrected chi connectivity index (χ0v) is 23.8. The van der Waals surface area contributed by atoms with Crippen LogP contribution in [0.5, 0.6) is 0 Å². The Morgan fingerprint density at radius 3 is 0.868 bits per heavy atom. The van der Waals surface area contributed by atoms with Crippen LogP contribution in [0.3, 0.4) is 0 Å². The highest BCUT2D eigenvalue weighted by Crippen LogP contribution is 2.36. The molecule has 0 atom stereocenters. The lowest BCUT2D eigenvalue weighted by molar-refractivity contribution is 0.626. The SMILES string of the molecule is C=CCN(CC=C)c1ccc(C(C)(C)c2ccc(C(C)(C)c3ccc(N(CC=C)CC=C)cc3)cc2)cc1. The molecule has 0 spiro atoms. The van der Waals surface area contributed by atoms with E-state index in [0.29, 0.717) is 0 Å². The van der Waals surface area contributed by atoms with Crippen LogP contribution >= 0.6 is 0 Å². The lowest BCUT2D eigenvalue weighted by atomic mass is 9.74. The Balaban J connectivity index is 1.81. The van der Waals surface area contributed by atoms with Crippen molar-refractivity contribution in [1.82, 2.24) is 0 Å². The molecule has 0 saturated heterocycles. The molecule has 0 fully saturated rings. The van der Waals surface area contributed by atoms with Crippen molar-refractivity contribution in [3.8, 4) is 0 Å². The average Bonchev–Trinajstić information content (AvgIpc) is 2.93. The molecule has 3 aromatic rings. The second-order valence-electron chi connectivity index (χ2n) is 10.9. The van der Waals surface area contributed by atoms with Gasteiger partial charge in [-0.1, -0.05) is 101 Å². The molecule has 0 aliphatic heterocycles. The molecule has 0 aliphatic carbocycles. The molecule has 0 bridgehead atoms. The first-order chi connectivity index (χ1) is 18.2. The minimum Gasteiger partial charge on any atom is -0.364 e. The van der Waals surface area contributed by atoms with E-state index in [1.807, 2.05) is 24.3 Å². The monoisotopic (exact) mass is 504 g/mol. The van der Waals surface area contributed by atoms with E-state index >= 15 is 0 Å². The Morgan fingerprint density at radius 1 is 0.447 bits per heavy atom. The number of rotatable bonds is 14. The van der Waals surface area contributed by atoms with E-state index < -0.39 is 0 Å². The van der Waals surface area contributed by atoms with Gasteiger partial charge in [0.2, 0.25) is 0 Å². The van der Waals surface area contributed by atoms with Crippen LogP contribution in [0.15, 0.2) is 123 Å². The van der Waals surface area contributed by atoms with Gasteiger partial charge in [0.15, 0.2) is 0 Å². The minimum atomic E-state index is -0.107. The molecule has 2 heteroatoms. The van der Waals surface area contributed by atoms with E-state index in [1.165, 1.54) is 33.6 Å². The lowest BCUT2D eigenvalue weighted by Gasteiger charge is -2.30. The molecular formula is C36H44N2. The van der Waals surface area contributed by atoms with Crippen molar-refractivity contribution in [2.45, 2.75) is 38.5 Å². The van der Waals surface area contributed by atoms with Crippen LogP contribution in [-0.4, -0.2) is 26.2 Å². The standard InChI is InChI=1S/C36H44N2/c1-9-25-37(26-10-2)33-21-17-31(18-22-33)35(5,6)29-13-15-30(16-14-29)36(7,8)32-19-23-34(24-20-32)38(27-11-3)28-12-4/h9-24H,1-4,25-28H2,5-8H3. The summed E-state index contributed by atoms with van der Waals surface area (Å²) in [6, 6.07) is 27.0. The van der Waals surface area contributed by atoms with Crippen LogP contribution in [0, 0.1) is 0 Å². The molecule has 3 aromatic carbocycles. The summed E-state index contributed by atoms with van der Waals surface area (Å²) in [4.78, 5) is 4.52. The van der Waals surface area contributed by atoms with Gasteiger partial charge >= 0.3 is 0 Å². The molecule has 3 rings (SSSR count). The molecule has 0 unspecified atom stereocenters. The number of anilines is 2. The number of hydrogen-bond acceptors (Lipinski definition) is 2. The number of hydrogen-bond donors (Lipinski definition) is 0. The zero-order chi connectivity index (χ0) is 27.8. The highest BCUT2D eigenvalue weighted by Gasteiger charge is 2.26. The van der Waals surface area contributed by atoms with Crippen LogP contribution in [0.1, 0.15) is 49.9 Å². The van der Waals surface area contributed by atoms with E-state index in [9.17, 15) is 0 Å². The molecule has 0 heterocycles. The summed E-state index contributed by atoms with van der Waals surface area (Å²) in [5.74, 6) is 0. The third-order valence-corrected chi connectivity index (χ3v) is 7.63. The molecule has 0 aliphatic rings. The van der Waals surface area contributed by atoms with Crippen LogP contribution in [0.25, 0.3) is 0 Å². The van der Waals surface area contributed by atoms with E-state index in [1.54, 1.807) is 0 Å². The quantitative estimate of drug-likeness (QED) is 0.203. The van der Waals surface area contributed by atoms with Crippen LogP contribution in [-0.2, 0) is 10.8 Å². The third-order valence-electron chi connectivity index (χ3n) is 7.63. The van der Waals surface area contributed by atoms with Gasteiger partial charge in [0.1, 0.15) is 0 Å². The average molecular weight is 505 g/mol. The van der Waals surface area contributed by atoms with Gasteiger partial charge in [-0.2, -0.15) is 0 Å². The summed E-state index contributed by atoms with van der Waals surface area (Å²) in [7, 11) is 0. The summed E-state index contributed by atoms with van der Waals surface area (Å²) in [6.07, 6.45) is 7.72. The molecule has 0 N–H and O–H groups in total. The van der Waals surface area contributed by atoms with Crippen molar-refractivity contribution in [1.29, 1.82) is 0 Å². The predicted molar refractivity (Wildman–Crippen MR) is 169 cm³/mol. The summed E-state index contributed by atoms with van der Waals surface area (Å²) in [6.45, 7) is 27.9. The second kappa shape index (κ2) is 12.6. The van der Waals surface area contributed by atoms with E-state index in [-0.39, 0.29) is 10.8 Å². The van der Waals surface area contributed by atoms with E-state index in [0.717, 1.165) is 26.2 Å². The van der Waals surface area contributed by atoms with Gasteiger partial charge in [0, 0.05) is 48.4 Å². The van der Waals surface area contributed by atoms with Crippen molar-refractivity contribution in [3.05, 3.63) is 146 Å². The molecule has 38 heavy (non-hydrogen) atoms. The normalized spacial score (nSPS) is 11.5. The largest absolute Gasteiger partial charge is 0.364 e. The fraction of sp³-hybridized carbons (Fsp3) is 0.278. The maximum absolute atomic E-state index is 3.89. The smallest absolute Gasteiger partial charge is 0.0372 e. The van der Waals surface area contributed by atoms with Gasteiger partial charge in [0.05, 0.1) is 0 Å². The predicted octanol–water partition coefficient (Wildman–Crippen LogP) is 8.70. The Kier molecular flexibility index (Phi) is 9.58. The maximum atomic E-state index is 3.89. The molecule has 0 amide bonds. The summed E-state index contributed by atoms with van der Waals surface area (Å²) >= 11 is 0. The summed E-state index contributed by atoms with van der Waals surface area (Å²) in [5, 5.41) is 0. The summed E-state index contributed by atoms with van der Waals surface area (Å²) in [5.41, 5.74) is 7.36. The van der Waals surface area contributed by atoms with Gasteiger partial charge in [-0.05, 0) is 46.5 Å². The van der Waals surface area contributed by atoms with Crippen molar-refractivity contribution in [2.75, 3.05) is 36.0 Å². The first-order valence-corrected chi connectivity index (χ1v) is 13.4. The number of nitrogens with zero attached hydrogens (tertiary/aromatic N) is 2. The molecule has 198 valence electrons. The molecule has 2 nitrogen and oxygen atoms in total. The van der Waals surface area contributed by atoms with Crippen molar-refractivity contribution in [2.24, 2.45) is 0 Å². The third kappa shape index (κ3) is 6.37. The van der Waals surface area contributed by atoms with Crippen LogP contribution in [0.2, 0.25) is 0 Å². The molecular weight excluding hydrogens is 460 g/mol. The fourth-order valence-corrected chi connectivity index (χ4v) is 5.01. The summed E-state index contributed by atoms with van der Waals surface area (Å²) < 4.78 is 0. The lowest BCUT2D eigenvalue weighted by Crippen LogP contribution is -2.24. The highest BCUT2D eigenvalue weighted by atomic mass is 15.1. The van der Waals surface area contributed by atoms with Gasteiger partial charge in [-0.3, -0.25) is 0 Å². The Bertz CT molecular complexity index is 1090. The molecule has 0 radical (unpaired) electrons. The van der Waals surface area contributed by atoms with Gasteiger partial charge < -0.3 is 9.80 Å². The van der Waals surface area contributed by atoms with Gasteiger partial charge in [0.25, 0.3) is 0 Å². The topological polar surface area (TPSA) is 6.48 Å². The minimum absolute atomic E-state index is 0.107. The fourth-order valence-electron chi connectivity index (χ4n) is 5.01. The first kappa shape index (κ1) is 28.8. The Morgan fingerprint density at radius 2 is 0.658 bits per heavy atom. The van der Waals surface area contributed by atoms with Gasteiger partial charge in [-0.15, -0.1) is 26.3 Å². The van der Waals surface area contributed by atoms with E-state index in [4.69, 9.17) is 0 Å². The van der Waals surface area contributed by atoms with Crippen molar-refractivity contribution < 1.29 is 0 Å². The molecule has 0 saturated carbocycles. The van der Waals surface area contributed by atoms with Crippen LogP contribution < -0.4 is 9.80 Å². The Labute approximate surface area is 231 Å². The van der Waals surface area contributed by atoms with Gasteiger partial charge in [-0.25, -0.2) is 0 Å². The highest BCUT2D eigenvalue weighted by molar-refractivity contribution is 5.53. The Hall–Kier alpha value is -3.78. The molecule has 0 aromatic heterocycles. The van der Waals surface area contributed by atoms with Crippen molar-refractivity contribution in [3.63, 3.8) is 0 Å². The van der Waals surface area contributed by atoms with Crippen molar-refractivity contribution >= 4 is 11.4 Å².